The molecule has 0 aromatic rings. The van der Waals surface area contributed by atoms with Crippen molar-refractivity contribution in [2.24, 2.45) is 0 Å². The number of nitrogens with one attached hydrogen (secondary N) is 1. The van der Waals surface area contributed by atoms with Gasteiger partial charge < -0.3 is 10.1 Å². The second kappa shape index (κ2) is 6.76. The minimum absolute atomic E-state index is 0. The maximum Gasteiger partial charge on any atom is 0.219 e. The van der Waals surface area contributed by atoms with Crippen LogP contribution >= 0.6 is 12.4 Å². The Morgan fingerprint density at radius 2 is 2.19 bits per heavy atom. The van der Waals surface area contributed by atoms with Crippen LogP contribution < -0.4 is 5.32 Å². The number of sulfonamides is 1. The average Bonchev–Trinajstić information content (AvgIpc) is 2.18. The Morgan fingerprint density at radius 3 is 2.69 bits per heavy atom. The van der Waals surface area contributed by atoms with Gasteiger partial charge in [-0.1, -0.05) is 0 Å². The largest absolute Gasteiger partial charge is 0.383 e. The van der Waals surface area contributed by atoms with Crippen molar-refractivity contribution in [2.75, 3.05) is 33.4 Å². The Morgan fingerprint density at radius 1 is 1.56 bits per heavy atom. The summed E-state index contributed by atoms with van der Waals surface area (Å²) in [5.74, 6) is 0. The Bertz CT molecular complexity index is 297. The molecule has 0 aliphatic carbocycles. The molecule has 0 spiro atoms. The Balaban J connectivity index is 0.00000225. The molecule has 0 saturated carbocycles. The number of piperazine rings is 1. The van der Waals surface area contributed by atoms with Crippen LogP contribution in [-0.2, 0) is 14.8 Å². The zero-order chi connectivity index (χ0) is 11.5. The molecule has 1 heterocycles. The quantitative estimate of drug-likeness (QED) is 0.787. The van der Waals surface area contributed by atoms with E-state index in [9.17, 15) is 8.42 Å². The van der Waals surface area contributed by atoms with Crippen LogP contribution in [0.1, 0.15) is 13.8 Å². The molecular weight excluding hydrogens is 252 g/mol. The van der Waals surface area contributed by atoms with Gasteiger partial charge in [0.2, 0.25) is 10.0 Å². The van der Waals surface area contributed by atoms with Gasteiger partial charge in [0.1, 0.15) is 0 Å². The van der Waals surface area contributed by atoms with E-state index in [1.807, 2.05) is 6.92 Å². The SMILES string of the molecule is COCC(C)S(=O)(=O)N1CCN[C@H](C)C1.Cl. The van der Waals surface area contributed by atoms with Gasteiger partial charge in [0, 0.05) is 32.8 Å². The lowest BCUT2D eigenvalue weighted by molar-refractivity contribution is 0.196. The monoisotopic (exact) mass is 272 g/mol. The van der Waals surface area contributed by atoms with Gasteiger partial charge in [0.25, 0.3) is 0 Å². The molecule has 7 heteroatoms. The van der Waals surface area contributed by atoms with Crippen molar-refractivity contribution in [2.45, 2.75) is 25.1 Å². The van der Waals surface area contributed by atoms with Crippen molar-refractivity contribution in [3.63, 3.8) is 0 Å². The summed E-state index contributed by atoms with van der Waals surface area (Å²) in [7, 11) is -1.67. The predicted molar refractivity (Wildman–Crippen MR) is 66.5 cm³/mol. The van der Waals surface area contributed by atoms with Crippen LogP contribution in [0.3, 0.4) is 0 Å². The summed E-state index contributed by atoms with van der Waals surface area (Å²) in [5, 5.41) is 2.75. The van der Waals surface area contributed by atoms with Crippen molar-refractivity contribution in [1.29, 1.82) is 0 Å². The van der Waals surface area contributed by atoms with E-state index >= 15 is 0 Å². The lowest BCUT2D eigenvalue weighted by atomic mass is 10.3. The highest BCUT2D eigenvalue weighted by Crippen LogP contribution is 2.12. The first-order valence-electron chi connectivity index (χ1n) is 5.19. The van der Waals surface area contributed by atoms with Gasteiger partial charge in [0.15, 0.2) is 0 Å². The average molecular weight is 273 g/mol. The minimum atomic E-state index is -3.19. The highest BCUT2D eigenvalue weighted by Gasteiger charge is 2.31. The normalized spacial score (nSPS) is 24.8. The number of rotatable bonds is 4. The maximum absolute atomic E-state index is 12.0. The summed E-state index contributed by atoms with van der Waals surface area (Å²) in [4.78, 5) is 0. The zero-order valence-electron chi connectivity index (χ0n) is 9.97. The van der Waals surface area contributed by atoms with Crippen LogP contribution in [0.5, 0.6) is 0 Å². The van der Waals surface area contributed by atoms with E-state index in [0.717, 1.165) is 6.54 Å². The minimum Gasteiger partial charge on any atom is -0.383 e. The predicted octanol–water partition coefficient (Wildman–Crippen LogP) is 0.0666. The molecule has 0 amide bonds. The molecule has 1 unspecified atom stereocenters. The topological polar surface area (TPSA) is 58.6 Å². The third-order valence-electron chi connectivity index (χ3n) is 2.60. The molecule has 16 heavy (non-hydrogen) atoms. The van der Waals surface area contributed by atoms with Gasteiger partial charge in [0.05, 0.1) is 11.9 Å². The second-order valence-corrected chi connectivity index (χ2v) is 6.38. The summed E-state index contributed by atoms with van der Waals surface area (Å²) in [6, 6.07) is 0.225. The number of halogens is 1. The summed E-state index contributed by atoms with van der Waals surface area (Å²) in [6.07, 6.45) is 0. The van der Waals surface area contributed by atoms with Crippen molar-refractivity contribution in [3.8, 4) is 0 Å². The lowest BCUT2D eigenvalue weighted by Crippen LogP contribution is -2.53. The molecule has 0 aromatic heterocycles. The number of ether oxygens (including phenoxy) is 1. The molecule has 1 N–H and O–H groups in total. The standard InChI is InChI=1S/C9H20N2O3S.ClH/c1-8-6-11(5-4-10-8)15(12,13)9(2)7-14-3;/h8-10H,4-7H2,1-3H3;1H/t8-,9?;/m1./s1. The van der Waals surface area contributed by atoms with E-state index in [0.29, 0.717) is 13.1 Å². The molecule has 1 saturated heterocycles. The highest BCUT2D eigenvalue weighted by atomic mass is 35.5. The highest BCUT2D eigenvalue weighted by molar-refractivity contribution is 7.89. The Labute approximate surface area is 104 Å². The first kappa shape index (κ1) is 16.1. The fourth-order valence-corrected chi connectivity index (χ4v) is 3.30. The number of methoxy groups -OCH3 is 1. The third-order valence-corrected chi connectivity index (χ3v) is 4.81. The first-order chi connectivity index (χ1) is 6.98. The van der Waals surface area contributed by atoms with Crippen molar-refractivity contribution >= 4 is 22.4 Å². The number of nitrogens with zero attached hydrogens (tertiary/aromatic N) is 1. The zero-order valence-corrected chi connectivity index (χ0v) is 11.6. The summed E-state index contributed by atoms with van der Waals surface area (Å²) in [6.45, 7) is 5.76. The van der Waals surface area contributed by atoms with Gasteiger partial charge >= 0.3 is 0 Å². The molecule has 1 aliphatic heterocycles. The molecule has 0 aromatic carbocycles. The van der Waals surface area contributed by atoms with Crippen LogP contribution in [0.25, 0.3) is 0 Å². The van der Waals surface area contributed by atoms with E-state index in [2.05, 4.69) is 5.32 Å². The van der Waals surface area contributed by atoms with E-state index in [1.165, 1.54) is 7.11 Å². The van der Waals surface area contributed by atoms with Crippen LogP contribution in [0, 0.1) is 0 Å². The third kappa shape index (κ3) is 3.85. The van der Waals surface area contributed by atoms with E-state index in [1.54, 1.807) is 11.2 Å². The van der Waals surface area contributed by atoms with Crippen LogP contribution in [0.15, 0.2) is 0 Å². The maximum atomic E-state index is 12.0. The van der Waals surface area contributed by atoms with Gasteiger partial charge in [-0.15, -0.1) is 12.4 Å². The molecule has 1 aliphatic rings. The number of hydrogen-bond donors (Lipinski definition) is 1. The van der Waals surface area contributed by atoms with E-state index in [4.69, 9.17) is 4.74 Å². The summed E-state index contributed by atoms with van der Waals surface area (Å²) >= 11 is 0. The van der Waals surface area contributed by atoms with Gasteiger partial charge in [-0.25, -0.2) is 8.42 Å². The number of hydrogen-bond acceptors (Lipinski definition) is 4. The van der Waals surface area contributed by atoms with Crippen LogP contribution in [0.4, 0.5) is 0 Å². The molecule has 0 bridgehead atoms. The summed E-state index contributed by atoms with van der Waals surface area (Å²) < 4.78 is 30.5. The molecule has 2 atom stereocenters. The second-order valence-electron chi connectivity index (χ2n) is 4.02. The fraction of sp³-hybridized carbons (Fsp3) is 1.00. The van der Waals surface area contributed by atoms with Crippen molar-refractivity contribution in [3.05, 3.63) is 0 Å². The summed E-state index contributed by atoms with van der Waals surface area (Å²) in [5.41, 5.74) is 0. The lowest BCUT2D eigenvalue weighted by Gasteiger charge is -2.32. The molecule has 5 nitrogen and oxygen atoms in total. The molecule has 98 valence electrons. The van der Waals surface area contributed by atoms with Gasteiger partial charge in [-0.3, -0.25) is 0 Å². The van der Waals surface area contributed by atoms with Crippen LogP contribution in [0.2, 0.25) is 0 Å². The van der Waals surface area contributed by atoms with Crippen LogP contribution in [-0.4, -0.2) is 57.4 Å². The molecule has 0 radical (unpaired) electrons. The Hall–Kier alpha value is 0.120. The van der Waals surface area contributed by atoms with E-state index < -0.39 is 15.3 Å². The smallest absolute Gasteiger partial charge is 0.219 e. The van der Waals surface area contributed by atoms with Crippen molar-refractivity contribution < 1.29 is 13.2 Å². The van der Waals surface area contributed by atoms with Gasteiger partial charge in [-0.2, -0.15) is 4.31 Å². The fourth-order valence-electron chi connectivity index (χ4n) is 1.70. The molecular formula is C9H21ClN2O3S. The van der Waals surface area contributed by atoms with E-state index in [-0.39, 0.29) is 25.1 Å². The van der Waals surface area contributed by atoms with Gasteiger partial charge in [-0.05, 0) is 13.8 Å². The molecule has 1 rings (SSSR count). The first-order valence-corrected chi connectivity index (χ1v) is 6.70. The Kier molecular flexibility index (Phi) is 6.81. The molecule has 1 fully saturated rings. The van der Waals surface area contributed by atoms with Crippen molar-refractivity contribution in [1.82, 2.24) is 9.62 Å².